The fourth-order valence-corrected chi connectivity index (χ4v) is 4.95. The van der Waals surface area contributed by atoms with Gasteiger partial charge in [0, 0.05) is 37.5 Å². The zero-order chi connectivity index (χ0) is 14.0. The number of thiol groups is 1. The molecule has 0 aromatic carbocycles. The Kier molecular flexibility index (Phi) is 8.81. The third-order valence-corrected chi connectivity index (χ3v) is 5.73. The Morgan fingerprint density at radius 3 is 2.32 bits per heavy atom. The van der Waals surface area contributed by atoms with Gasteiger partial charge in [-0.3, -0.25) is 0 Å². The van der Waals surface area contributed by atoms with Gasteiger partial charge in [-0.05, 0) is 36.5 Å². The van der Waals surface area contributed by atoms with Crippen LogP contribution in [0, 0.1) is 30.1 Å². The van der Waals surface area contributed by atoms with Gasteiger partial charge < -0.3 is 6.92 Å². The molecule has 19 heavy (non-hydrogen) atoms. The Morgan fingerprint density at radius 1 is 1.26 bits per heavy atom. The molecule has 0 saturated heterocycles. The van der Waals surface area contributed by atoms with Gasteiger partial charge >= 0.3 is 0 Å². The van der Waals surface area contributed by atoms with E-state index >= 15 is 0 Å². The van der Waals surface area contributed by atoms with Crippen LogP contribution in [0.15, 0.2) is 0 Å². The molecule has 1 aliphatic carbocycles. The van der Waals surface area contributed by atoms with Crippen LogP contribution in [0.5, 0.6) is 0 Å². The predicted molar refractivity (Wildman–Crippen MR) is 86.0 cm³/mol. The van der Waals surface area contributed by atoms with E-state index in [9.17, 15) is 0 Å². The van der Waals surface area contributed by atoms with Gasteiger partial charge in [-0.1, -0.05) is 53.9 Å². The van der Waals surface area contributed by atoms with Crippen molar-refractivity contribution in [1.82, 2.24) is 0 Å². The van der Waals surface area contributed by atoms with Crippen LogP contribution in [0.3, 0.4) is 0 Å². The molecule has 0 aromatic heterocycles. The number of rotatable bonds is 3. The second-order valence-corrected chi connectivity index (χ2v) is 8.47. The van der Waals surface area contributed by atoms with E-state index in [2.05, 4.69) is 41.5 Å². The summed E-state index contributed by atoms with van der Waals surface area (Å²) in [5.41, 5.74) is 0.305. The predicted octanol–water partition coefficient (Wildman–Crippen LogP) is 5.78. The summed E-state index contributed by atoms with van der Waals surface area (Å²) in [4.78, 5) is 0. The zero-order valence-corrected chi connectivity index (χ0v) is 17.4. The molecule has 1 saturated carbocycles. The summed E-state index contributed by atoms with van der Waals surface area (Å²) in [6.45, 7) is 16.2. The van der Waals surface area contributed by atoms with Crippen molar-refractivity contribution < 1.29 is 32.7 Å². The summed E-state index contributed by atoms with van der Waals surface area (Å²) < 4.78 is 0.123. The molecule has 1 aliphatic rings. The van der Waals surface area contributed by atoms with E-state index in [1.165, 1.54) is 38.5 Å². The molecule has 0 spiro atoms. The van der Waals surface area contributed by atoms with E-state index in [4.69, 9.17) is 12.6 Å². The Hall–Kier alpha value is 1.45. The van der Waals surface area contributed by atoms with E-state index in [1.54, 1.807) is 0 Å². The molecule has 0 aliphatic heterocycles. The minimum atomic E-state index is 0. The maximum atomic E-state index is 5.15. The summed E-state index contributed by atoms with van der Waals surface area (Å²) in [7, 11) is 0. The van der Waals surface area contributed by atoms with Gasteiger partial charge in [-0.2, -0.15) is 18.5 Å². The largest absolute Gasteiger partial charge is 0.340 e. The first kappa shape index (κ1) is 20.5. The van der Waals surface area contributed by atoms with Gasteiger partial charge in [-0.25, -0.2) is 0 Å². The maximum Gasteiger partial charge on any atom is 0.0138 e. The molecule has 0 N–H and O–H groups in total. The molecule has 0 aromatic rings. The van der Waals surface area contributed by atoms with Crippen molar-refractivity contribution in [3.8, 4) is 0 Å². The van der Waals surface area contributed by atoms with Crippen LogP contribution in [-0.2, 0) is 32.7 Å². The summed E-state index contributed by atoms with van der Waals surface area (Å²) >= 11 is 5.15. The van der Waals surface area contributed by atoms with Gasteiger partial charge in [0.05, 0.1) is 0 Å². The molecule has 0 amide bonds. The summed E-state index contributed by atoms with van der Waals surface area (Å²) in [6, 6.07) is 0. The fourth-order valence-electron chi connectivity index (χ4n) is 4.22. The first-order chi connectivity index (χ1) is 8.21. The summed E-state index contributed by atoms with van der Waals surface area (Å²) in [5, 5.41) is 0. The maximum absolute atomic E-state index is 5.15. The van der Waals surface area contributed by atoms with Crippen molar-refractivity contribution in [1.29, 1.82) is 0 Å². The summed E-state index contributed by atoms with van der Waals surface area (Å²) in [6.07, 6.45) is 7.93. The van der Waals surface area contributed by atoms with E-state index in [1.807, 2.05) is 0 Å². The van der Waals surface area contributed by atoms with E-state index < -0.39 is 0 Å². The van der Waals surface area contributed by atoms with Crippen LogP contribution >= 0.6 is 12.6 Å². The molecular weight excluding hydrogens is 325 g/mol. The van der Waals surface area contributed by atoms with Crippen LogP contribution < -0.4 is 0 Å². The number of hydrogen-bond acceptors (Lipinski definition) is 1. The van der Waals surface area contributed by atoms with Crippen molar-refractivity contribution in [2.75, 3.05) is 0 Å². The zero-order valence-electron chi connectivity index (χ0n) is 13.7. The Morgan fingerprint density at radius 2 is 1.84 bits per heavy atom. The van der Waals surface area contributed by atoms with Crippen molar-refractivity contribution >= 4 is 12.6 Å². The molecule has 111 valence electrons. The first-order valence-corrected chi connectivity index (χ1v) is 8.21. The van der Waals surface area contributed by atoms with Gasteiger partial charge in [0.15, 0.2) is 0 Å². The molecule has 1 radical (unpaired) electrons. The van der Waals surface area contributed by atoms with Crippen LogP contribution in [-0.4, -0.2) is 4.75 Å². The van der Waals surface area contributed by atoms with Crippen LogP contribution in [0.4, 0.5) is 0 Å². The molecule has 0 heterocycles. The average molecular weight is 358 g/mol. The van der Waals surface area contributed by atoms with E-state index in [-0.39, 0.29) is 37.5 Å². The van der Waals surface area contributed by atoms with Crippen molar-refractivity contribution in [2.45, 2.75) is 77.9 Å². The minimum absolute atomic E-state index is 0. The fraction of sp³-hybridized carbons (Fsp3) is 0.941. The first-order valence-electron chi connectivity index (χ1n) is 7.77. The quantitative estimate of drug-likeness (QED) is 0.480. The Balaban J connectivity index is 0.00000324. The second kappa shape index (κ2) is 8.18. The third-order valence-electron chi connectivity index (χ3n) is 5.10. The topological polar surface area (TPSA) is 0 Å². The van der Waals surface area contributed by atoms with Crippen LogP contribution in [0.25, 0.3) is 0 Å². The summed E-state index contributed by atoms with van der Waals surface area (Å²) in [5.74, 6) is 2.01. The monoisotopic (exact) mass is 358 g/mol. The molecule has 1 rings (SSSR count). The van der Waals surface area contributed by atoms with Crippen molar-refractivity contribution in [3.63, 3.8) is 0 Å². The van der Waals surface area contributed by atoms with Gasteiger partial charge in [0.25, 0.3) is 0 Å². The van der Waals surface area contributed by atoms with Crippen LogP contribution in [0.1, 0.15) is 73.1 Å². The van der Waals surface area contributed by atoms with Gasteiger partial charge in [0.1, 0.15) is 0 Å². The smallest absolute Gasteiger partial charge is 0.0138 e. The Labute approximate surface area is 152 Å². The molecule has 0 bridgehead atoms. The third kappa shape index (κ3) is 4.99. The normalized spacial score (nSPS) is 38.2. The SMILES string of the molecule is [CH2-]C(C)C1(CC(C)C)CCCCC(C)CC1(C)S.[Y]. The molecule has 4 atom stereocenters. The van der Waals surface area contributed by atoms with Gasteiger partial charge in [0.2, 0.25) is 0 Å². The van der Waals surface area contributed by atoms with Crippen LogP contribution in [0.2, 0.25) is 0 Å². The molecular formula is C17H33SY-. The minimum Gasteiger partial charge on any atom is -0.340 e. The molecule has 2 heteroatoms. The van der Waals surface area contributed by atoms with Crippen molar-refractivity contribution in [2.24, 2.45) is 23.2 Å². The second-order valence-electron chi connectivity index (χ2n) is 7.48. The molecule has 4 unspecified atom stereocenters. The molecule has 0 nitrogen and oxygen atoms in total. The molecule has 1 fully saturated rings. The number of hydrogen-bond donors (Lipinski definition) is 1. The van der Waals surface area contributed by atoms with Gasteiger partial charge in [-0.15, -0.1) is 0 Å². The van der Waals surface area contributed by atoms with Crippen molar-refractivity contribution in [3.05, 3.63) is 6.92 Å². The standard InChI is InChI=1S/C17H33S.Y/c1-13(2)11-17(14(3)4)10-8-7-9-15(5)12-16(17,6)18;/h13-15,18H,3,7-12H2,1-2,4-6H3;/q-1;. The Bertz CT molecular complexity index is 260. The van der Waals surface area contributed by atoms with E-state index in [0.717, 1.165) is 11.8 Å². The average Bonchev–Trinajstić information content (AvgIpc) is 2.19. The van der Waals surface area contributed by atoms with E-state index in [0.29, 0.717) is 11.3 Å².